The molecule has 44 heavy (non-hydrogen) atoms. The Balaban J connectivity index is 0.000000496. The maximum atomic E-state index is 8.52. The van der Waals surface area contributed by atoms with Gasteiger partial charge in [-0.3, -0.25) is 4.79 Å². The van der Waals surface area contributed by atoms with Crippen LogP contribution in [0, 0.1) is 20.8 Å². The fourth-order valence-corrected chi connectivity index (χ4v) is 6.44. The molecular weight excluding hydrogens is 550 g/mol. The highest BCUT2D eigenvalue weighted by molar-refractivity contribution is 6.07. The fourth-order valence-electron chi connectivity index (χ4n) is 6.44. The summed E-state index contributed by atoms with van der Waals surface area (Å²) in [4.78, 5) is 23.0. The number of carboxylic acid groups (broad SMARTS) is 1. The molecule has 4 aromatic rings. The molecule has 1 saturated heterocycles. The van der Waals surface area contributed by atoms with E-state index in [1.54, 1.807) is 20.8 Å². The Morgan fingerprint density at radius 1 is 0.977 bits per heavy atom. The van der Waals surface area contributed by atoms with E-state index in [1.807, 2.05) is 0 Å². The van der Waals surface area contributed by atoms with Crippen molar-refractivity contribution in [2.45, 2.75) is 85.8 Å². The van der Waals surface area contributed by atoms with E-state index >= 15 is 0 Å². The second-order valence-corrected chi connectivity index (χ2v) is 13.1. The van der Waals surface area contributed by atoms with E-state index in [4.69, 9.17) is 25.0 Å². The number of rotatable bonds is 4. The summed E-state index contributed by atoms with van der Waals surface area (Å²) in [5.41, 5.74) is 11.5. The van der Waals surface area contributed by atoms with E-state index in [0.29, 0.717) is 5.92 Å². The van der Waals surface area contributed by atoms with E-state index in [0.717, 1.165) is 38.5 Å². The minimum Gasteiger partial charge on any atom is -0.483 e. The van der Waals surface area contributed by atoms with Gasteiger partial charge in [-0.15, -0.1) is 0 Å². The van der Waals surface area contributed by atoms with Gasteiger partial charge in [0.2, 0.25) is 5.95 Å². The number of anilines is 2. The summed E-state index contributed by atoms with van der Waals surface area (Å²) in [5, 5.41) is 16.8. The van der Waals surface area contributed by atoms with Gasteiger partial charge >= 0.3 is 0 Å². The molecule has 2 aromatic carbocycles. The van der Waals surface area contributed by atoms with Crippen molar-refractivity contribution in [3.8, 4) is 11.1 Å². The van der Waals surface area contributed by atoms with Gasteiger partial charge in [0.25, 0.3) is 6.47 Å². The molecule has 8 nitrogen and oxygen atoms in total. The Hall–Kier alpha value is -3.75. The molecule has 0 spiro atoms. The van der Waals surface area contributed by atoms with Gasteiger partial charge in [0.15, 0.2) is 0 Å². The van der Waals surface area contributed by atoms with Gasteiger partial charge in [-0.1, -0.05) is 36.8 Å². The summed E-state index contributed by atoms with van der Waals surface area (Å²) in [6.07, 6.45) is 7.55. The number of aryl methyl sites for hydroxylation is 2. The largest absolute Gasteiger partial charge is 0.483 e. The van der Waals surface area contributed by atoms with Crippen LogP contribution >= 0.6 is 0 Å². The summed E-state index contributed by atoms with van der Waals surface area (Å²) < 4.78 is 2.50. The van der Waals surface area contributed by atoms with E-state index in [2.05, 4.69) is 91.8 Å². The van der Waals surface area contributed by atoms with Crippen LogP contribution in [-0.4, -0.2) is 68.4 Å². The monoisotopic (exact) mass is 599 g/mol. The first kappa shape index (κ1) is 33.1. The van der Waals surface area contributed by atoms with Crippen molar-refractivity contribution in [2.24, 2.45) is 0 Å². The van der Waals surface area contributed by atoms with Crippen LogP contribution in [0.3, 0.4) is 0 Å². The topological polar surface area (TPSA) is 94.7 Å². The predicted molar refractivity (Wildman–Crippen MR) is 180 cm³/mol. The lowest BCUT2D eigenvalue weighted by Gasteiger charge is -2.33. The lowest BCUT2D eigenvalue weighted by Crippen LogP contribution is -2.31. The average molecular weight is 600 g/mol. The molecule has 2 aliphatic rings. The molecule has 2 aliphatic heterocycles. The third-order valence-corrected chi connectivity index (χ3v) is 8.51. The van der Waals surface area contributed by atoms with Crippen LogP contribution in [0.25, 0.3) is 22.0 Å². The van der Waals surface area contributed by atoms with E-state index in [1.165, 1.54) is 68.5 Å². The van der Waals surface area contributed by atoms with Gasteiger partial charge in [0.1, 0.15) is 0 Å². The number of nitrogens with zero attached hydrogens (tertiary/aromatic N) is 5. The predicted octanol–water partition coefficient (Wildman–Crippen LogP) is 7.02. The number of likely N-dealkylation sites (tertiary alicyclic amines) is 1. The summed E-state index contributed by atoms with van der Waals surface area (Å²) >= 11 is 0. The van der Waals surface area contributed by atoms with Crippen LogP contribution in [0.4, 0.5) is 11.6 Å². The molecule has 6 rings (SSSR count). The molecule has 0 radical (unpaired) electrons. The summed E-state index contributed by atoms with van der Waals surface area (Å²) in [6, 6.07) is 11.4. The number of hydrogen-bond acceptors (Lipinski definition) is 6. The van der Waals surface area contributed by atoms with Crippen molar-refractivity contribution < 1.29 is 15.0 Å². The zero-order valence-corrected chi connectivity index (χ0v) is 27.7. The zero-order valence-electron chi connectivity index (χ0n) is 27.7. The van der Waals surface area contributed by atoms with E-state index < -0.39 is 5.60 Å². The van der Waals surface area contributed by atoms with Crippen LogP contribution in [0.1, 0.15) is 74.4 Å². The second-order valence-electron chi connectivity index (χ2n) is 13.1. The average Bonchev–Trinajstić information content (AvgIpc) is 3.31. The van der Waals surface area contributed by atoms with Crippen molar-refractivity contribution in [1.82, 2.24) is 19.4 Å². The summed E-state index contributed by atoms with van der Waals surface area (Å²) in [6.45, 7) is 18.1. The smallest absolute Gasteiger partial charge is 0.290 e. The van der Waals surface area contributed by atoms with Crippen LogP contribution in [0.5, 0.6) is 0 Å². The lowest BCUT2D eigenvalue weighted by atomic mass is 9.89. The number of benzene rings is 2. The maximum Gasteiger partial charge on any atom is 0.290 e. The Kier molecular flexibility index (Phi) is 10.5. The highest BCUT2D eigenvalue weighted by Gasteiger charge is 2.30. The molecule has 4 heterocycles. The highest BCUT2D eigenvalue weighted by atomic mass is 16.3. The first-order valence-corrected chi connectivity index (χ1v) is 15.7. The van der Waals surface area contributed by atoms with E-state index in [-0.39, 0.29) is 6.47 Å². The quantitative estimate of drug-likeness (QED) is 0.243. The van der Waals surface area contributed by atoms with Crippen molar-refractivity contribution in [3.05, 3.63) is 70.7 Å². The van der Waals surface area contributed by atoms with Crippen LogP contribution in [0.15, 0.2) is 42.7 Å². The summed E-state index contributed by atoms with van der Waals surface area (Å²) in [7, 11) is 2.21. The molecular formula is C36H49N5O3. The van der Waals surface area contributed by atoms with Gasteiger partial charge in [-0.25, -0.2) is 9.97 Å². The van der Waals surface area contributed by atoms with Gasteiger partial charge in [0, 0.05) is 36.6 Å². The Morgan fingerprint density at radius 3 is 2.09 bits per heavy atom. The molecule has 0 amide bonds. The standard InChI is InChI=1S/C31H37N5.C4H10O.CH2O2/c1-6-26-22(4)29-30-27(28(26)24-9-7-20(2)8-10-24)17-21(3)35(30)15-16-36(29)31-32-18-25(19-33-31)23-11-13-34(5)14-12-23;1-4(2,3)5;2-1-3/h7-10,17-19,23H,6,11-16H2,1-5H3;5H,1-3H3;1H,(H,2,3). The van der Waals surface area contributed by atoms with Gasteiger partial charge < -0.3 is 24.6 Å². The van der Waals surface area contributed by atoms with E-state index in [9.17, 15) is 0 Å². The first-order chi connectivity index (χ1) is 20.9. The molecule has 2 N–H and O–H groups in total. The van der Waals surface area contributed by atoms with Crippen molar-refractivity contribution in [3.63, 3.8) is 0 Å². The van der Waals surface area contributed by atoms with Crippen molar-refractivity contribution in [2.75, 3.05) is 31.6 Å². The van der Waals surface area contributed by atoms with Gasteiger partial charge in [-0.05, 0) is 121 Å². The van der Waals surface area contributed by atoms with Crippen LogP contribution < -0.4 is 4.90 Å². The molecule has 2 aromatic heterocycles. The molecule has 0 unspecified atom stereocenters. The minimum absolute atomic E-state index is 0.250. The Morgan fingerprint density at radius 2 is 1.55 bits per heavy atom. The molecule has 8 heteroatoms. The zero-order chi connectivity index (χ0) is 32.2. The van der Waals surface area contributed by atoms with Crippen LogP contribution in [-0.2, 0) is 17.8 Å². The third-order valence-electron chi connectivity index (χ3n) is 8.51. The Bertz CT molecular complexity index is 1560. The Labute approximate surface area is 262 Å². The molecule has 0 atom stereocenters. The normalized spacial score (nSPS) is 15.3. The molecule has 0 aliphatic carbocycles. The molecule has 0 saturated carbocycles. The maximum absolute atomic E-state index is 8.52. The number of piperidine rings is 1. The molecule has 236 valence electrons. The number of carbonyl (C=O) groups is 1. The van der Waals surface area contributed by atoms with Crippen molar-refractivity contribution >= 4 is 29.0 Å². The minimum atomic E-state index is -0.500. The summed E-state index contributed by atoms with van der Waals surface area (Å²) in [5.74, 6) is 1.40. The van der Waals surface area contributed by atoms with Gasteiger partial charge in [-0.2, -0.15) is 0 Å². The lowest BCUT2D eigenvalue weighted by molar-refractivity contribution is -0.122. The molecule has 0 bridgehead atoms. The number of aliphatic hydroxyl groups is 1. The highest BCUT2D eigenvalue weighted by Crippen LogP contribution is 2.46. The van der Waals surface area contributed by atoms with Crippen LogP contribution in [0.2, 0.25) is 0 Å². The molecule has 1 fully saturated rings. The van der Waals surface area contributed by atoms with Gasteiger partial charge in [0.05, 0.1) is 16.8 Å². The van der Waals surface area contributed by atoms with Crippen molar-refractivity contribution in [1.29, 1.82) is 0 Å². The fraction of sp³-hybridized carbons (Fsp3) is 0.472. The first-order valence-electron chi connectivity index (χ1n) is 15.7. The number of hydrogen-bond donors (Lipinski definition) is 2. The second kappa shape index (κ2) is 13.9. The number of aromatic nitrogens is 3. The SMILES string of the molecule is CC(C)(C)O.CCc1c(C)c2c3c(cc(C)n3CCN2c2ncc(C3CCN(C)CC3)cn2)c1-c1ccc(C)cc1.O=CO. The third kappa shape index (κ3) is 7.30.